The lowest BCUT2D eigenvalue weighted by Crippen LogP contribution is -1.99. The van der Waals surface area contributed by atoms with Gasteiger partial charge in [-0.05, 0) is 24.6 Å². The first-order valence-electron chi connectivity index (χ1n) is 6.34. The van der Waals surface area contributed by atoms with E-state index in [2.05, 4.69) is 0 Å². The van der Waals surface area contributed by atoms with Crippen LogP contribution in [-0.4, -0.2) is 12.2 Å². The third kappa shape index (κ3) is 3.06. The van der Waals surface area contributed by atoms with Crippen molar-refractivity contribution in [3.8, 4) is 17.2 Å². The molecule has 0 saturated carbocycles. The van der Waals surface area contributed by atoms with Crippen molar-refractivity contribution in [1.82, 2.24) is 0 Å². The summed E-state index contributed by atoms with van der Waals surface area (Å²) < 4.78 is 11.1. The predicted octanol–water partition coefficient (Wildman–Crippen LogP) is 3.93. The molecule has 100 valence electrons. The molecule has 19 heavy (non-hydrogen) atoms. The number of methoxy groups -OCH3 is 1. The molecule has 0 saturated heterocycles. The van der Waals surface area contributed by atoms with Gasteiger partial charge >= 0.3 is 0 Å². The molecule has 0 aliphatic rings. The summed E-state index contributed by atoms with van der Waals surface area (Å²) in [4.78, 5) is 0. The number of rotatable bonds is 5. The maximum Gasteiger partial charge on any atom is 0.169 e. The van der Waals surface area contributed by atoms with Crippen LogP contribution in [-0.2, 0) is 0 Å². The molecule has 3 heteroatoms. The molecule has 0 aliphatic heterocycles. The highest BCUT2D eigenvalue weighted by Gasteiger charge is 2.13. The van der Waals surface area contributed by atoms with Crippen molar-refractivity contribution in [3.05, 3.63) is 54.1 Å². The van der Waals surface area contributed by atoms with Gasteiger partial charge in [0, 0.05) is 5.56 Å². The summed E-state index contributed by atoms with van der Waals surface area (Å²) in [5.41, 5.74) is 0.788. The van der Waals surface area contributed by atoms with Crippen LogP contribution in [0.5, 0.6) is 17.2 Å². The van der Waals surface area contributed by atoms with E-state index < -0.39 is 6.10 Å². The molecule has 0 unspecified atom stereocenters. The Morgan fingerprint density at radius 3 is 2.16 bits per heavy atom. The van der Waals surface area contributed by atoms with Crippen LogP contribution in [0.25, 0.3) is 0 Å². The molecular weight excluding hydrogens is 240 g/mol. The van der Waals surface area contributed by atoms with Crippen molar-refractivity contribution in [2.45, 2.75) is 19.4 Å². The minimum atomic E-state index is -0.522. The molecule has 0 bridgehead atoms. The molecule has 0 fully saturated rings. The zero-order valence-electron chi connectivity index (χ0n) is 11.2. The largest absolute Gasteiger partial charge is 0.493 e. The normalized spacial score (nSPS) is 11.9. The first kappa shape index (κ1) is 13.4. The fourth-order valence-corrected chi connectivity index (χ4v) is 1.89. The van der Waals surface area contributed by atoms with Crippen molar-refractivity contribution in [2.24, 2.45) is 0 Å². The Hall–Kier alpha value is -2.00. The summed E-state index contributed by atoms with van der Waals surface area (Å²) in [5.74, 6) is 1.96. The van der Waals surface area contributed by atoms with E-state index in [1.165, 1.54) is 0 Å². The van der Waals surface area contributed by atoms with Crippen molar-refractivity contribution >= 4 is 0 Å². The van der Waals surface area contributed by atoms with Gasteiger partial charge in [-0.25, -0.2) is 0 Å². The van der Waals surface area contributed by atoms with Crippen LogP contribution in [0, 0.1) is 0 Å². The molecule has 0 spiro atoms. The van der Waals surface area contributed by atoms with E-state index in [1.54, 1.807) is 7.11 Å². The van der Waals surface area contributed by atoms with Gasteiger partial charge in [-0.1, -0.05) is 37.3 Å². The molecule has 0 radical (unpaired) electrons. The van der Waals surface area contributed by atoms with Crippen LogP contribution < -0.4 is 9.47 Å². The number of aliphatic hydroxyl groups is 1. The van der Waals surface area contributed by atoms with Crippen LogP contribution in [0.15, 0.2) is 48.5 Å². The molecular formula is C16H18O3. The maximum absolute atomic E-state index is 10.0. The molecule has 0 amide bonds. The summed E-state index contributed by atoms with van der Waals surface area (Å²) in [5, 5.41) is 10.0. The maximum atomic E-state index is 10.0. The second-order valence-corrected chi connectivity index (χ2v) is 4.21. The fraction of sp³-hybridized carbons (Fsp3) is 0.250. The Labute approximate surface area is 113 Å². The zero-order valence-corrected chi connectivity index (χ0v) is 11.2. The van der Waals surface area contributed by atoms with Crippen LogP contribution in [0.1, 0.15) is 25.0 Å². The first-order valence-corrected chi connectivity index (χ1v) is 6.34. The molecule has 0 heterocycles. The Bertz CT molecular complexity index is 537. The highest BCUT2D eigenvalue weighted by molar-refractivity contribution is 5.45. The SMILES string of the molecule is CC[C@H](O)c1ccccc1Oc1ccccc1OC. The molecule has 2 aromatic rings. The standard InChI is InChI=1S/C16H18O3/c1-3-13(17)12-8-4-5-9-14(12)19-16-11-7-6-10-15(16)18-2/h4-11,13,17H,3H2,1-2H3/t13-/m0/s1. The Kier molecular flexibility index (Phi) is 4.42. The molecule has 2 aromatic carbocycles. The van der Waals surface area contributed by atoms with Crippen LogP contribution in [0.3, 0.4) is 0 Å². The van der Waals surface area contributed by atoms with Gasteiger partial charge in [0.2, 0.25) is 0 Å². The third-order valence-corrected chi connectivity index (χ3v) is 2.95. The average Bonchev–Trinajstić information content (AvgIpc) is 2.47. The highest BCUT2D eigenvalue weighted by atomic mass is 16.5. The molecule has 0 aromatic heterocycles. The molecule has 0 aliphatic carbocycles. The average molecular weight is 258 g/mol. The number of hydrogen-bond donors (Lipinski definition) is 1. The van der Waals surface area contributed by atoms with Gasteiger partial charge in [0.05, 0.1) is 13.2 Å². The smallest absolute Gasteiger partial charge is 0.169 e. The van der Waals surface area contributed by atoms with Crippen LogP contribution in [0.4, 0.5) is 0 Å². The van der Waals surface area contributed by atoms with Gasteiger partial charge in [0.25, 0.3) is 0 Å². The quantitative estimate of drug-likeness (QED) is 0.883. The summed E-state index contributed by atoms with van der Waals surface area (Å²) in [6.45, 7) is 1.94. The minimum Gasteiger partial charge on any atom is -0.493 e. The van der Waals surface area contributed by atoms with Gasteiger partial charge in [0.15, 0.2) is 11.5 Å². The van der Waals surface area contributed by atoms with Crippen LogP contribution in [0.2, 0.25) is 0 Å². The first-order chi connectivity index (χ1) is 9.26. The molecule has 1 N–H and O–H groups in total. The number of para-hydroxylation sites is 3. The van der Waals surface area contributed by atoms with Crippen LogP contribution >= 0.6 is 0 Å². The van der Waals surface area contributed by atoms with E-state index in [9.17, 15) is 5.11 Å². The van der Waals surface area contributed by atoms with Crippen molar-refractivity contribution in [3.63, 3.8) is 0 Å². The number of aliphatic hydroxyl groups excluding tert-OH is 1. The monoisotopic (exact) mass is 258 g/mol. The van der Waals surface area contributed by atoms with Gasteiger partial charge in [-0.3, -0.25) is 0 Å². The van der Waals surface area contributed by atoms with Crippen molar-refractivity contribution in [2.75, 3.05) is 7.11 Å². The number of ether oxygens (including phenoxy) is 2. The van der Waals surface area contributed by atoms with Gasteiger partial charge in [-0.2, -0.15) is 0 Å². The van der Waals surface area contributed by atoms with Gasteiger partial charge in [0.1, 0.15) is 5.75 Å². The minimum absolute atomic E-state index is 0.522. The zero-order chi connectivity index (χ0) is 13.7. The van der Waals surface area contributed by atoms with E-state index in [1.807, 2.05) is 55.5 Å². The second kappa shape index (κ2) is 6.25. The van der Waals surface area contributed by atoms with Crippen molar-refractivity contribution < 1.29 is 14.6 Å². The van der Waals surface area contributed by atoms with E-state index in [4.69, 9.17) is 9.47 Å². The Morgan fingerprint density at radius 2 is 1.53 bits per heavy atom. The lowest BCUT2D eigenvalue weighted by atomic mass is 10.1. The molecule has 3 nitrogen and oxygen atoms in total. The highest BCUT2D eigenvalue weighted by Crippen LogP contribution is 2.35. The Morgan fingerprint density at radius 1 is 0.947 bits per heavy atom. The predicted molar refractivity (Wildman–Crippen MR) is 74.8 cm³/mol. The van der Waals surface area contributed by atoms with Crippen molar-refractivity contribution in [1.29, 1.82) is 0 Å². The fourth-order valence-electron chi connectivity index (χ4n) is 1.89. The summed E-state index contributed by atoms with van der Waals surface area (Å²) in [6.07, 6.45) is 0.123. The van der Waals surface area contributed by atoms with E-state index in [0.29, 0.717) is 23.7 Å². The lowest BCUT2D eigenvalue weighted by molar-refractivity contribution is 0.170. The third-order valence-electron chi connectivity index (χ3n) is 2.95. The van der Waals surface area contributed by atoms with E-state index in [0.717, 1.165) is 5.56 Å². The lowest BCUT2D eigenvalue weighted by Gasteiger charge is -2.16. The molecule has 2 rings (SSSR count). The summed E-state index contributed by atoms with van der Waals surface area (Å²) >= 11 is 0. The topological polar surface area (TPSA) is 38.7 Å². The number of benzene rings is 2. The second-order valence-electron chi connectivity index (χ2n) is 4.21. The summed E-state index contributed by atoms with van der Waals surface area (Å²) in [7, 11) is 1.61. The number of hydrogen-bond acceptors (Lipinski definition) is 3. The van der Waals surface area contributed by atoms with Gasteiger partial charge < -0.3 is 14.6 Å². The van der Waals surface area contributed by atoms with E-state index >= 15 is 0 Å². The molecule has 1 atom stereocenters. The van der Waals surface area contributed by atoms with Gasteiger partial charge in [-0.15, -0.1) is 0 Å². The van der Waals surface area contributed by atoms with E-state index in [-0.39, 0.29) is 0 Å². The Balaban J connectivity index is 2.33. The summed E-state index contributed by atoms with van der Waals surface area (Å²) in [6, 6.07) is 15.0.